The van der Waals surface area contributed by atoms with E-state index in [2.05, 4.69) is 4.90 Å². The van der Waals surface area contributed by atoms with E-state index in [0.29, 0.717) is 6.54 Å². The lowest BCUT2D eigenvalue weighted by Gasteiger charge is -2.29. The molecule has 0 bridgehead atoms. The van der Waals surface area contributed by atoms with Gasteiger partial charge in [-0.2, -0.15) is 0 Å². The van der Waals surface area contributed by atoms with E-state index in [4.69, 9.17) is 0 Å². The Kier molecular flexibility index (Phi) is 4.31. The van der Waals surface area contributed by atoms with Crippen LogP contribution in [0.4, 0.5) is 4.39 Å². The first-order chi connectivity index (χ1) is 8.68. The summed E-state index contributed by atoms with van der Waals surface area (Å²) in [5.74, 6) is -2.16. The molecule has 0 aliphatic carbocycles. The summed E-state index contributed by atoms with van der Waals surface area (Å²) in [4.78, 5) is 13.5. The molecular weight excluding hydrogens is 233 g/mol. The van der Waals surface area contributed by atoms with Crippen molar-refractivity contribution in [2.24, 2.45) is 0 Å². The minimum atomic E-state index is -0.953. The van der Waals surface area contributed by atoms with E-state index in [0.717, 1.165) is 25.9 Å². The quantitative estimate of drug-likeness (QED) is 0.893. The smallest absolute Gasteiger partial charge is 0.312 e. The van der Waals surface area contributed by atoms with Gasteiger partial charge in [0.05, 0.1) is 5.92 Å². The Balaban J connectivity index is 2.13. The zero-order chi connectivity index (χ0) is 13.0. The molecule has 0 spiro atoms. The normalized spacial score (nSPS) is 18.5. The highest BCUT2D eigenvalue weighted by atomic mass is 19.1. The Morgan fingerprint density at radius 1 is 1.28 bits per heavy atom. The largest absolute Gasteiger partial charge is 0.481 e. The second kappa shape index (κ2) is 5.96. The van der Waals surface area contributed by atoms with Gasteiger partial charge in [-0.15, -0.1) is 0 Å². The molecule has 3 nitrogen and oxygen atoms in total. The standard InChI is InChI=1S/C14H18FNO2/c15-13-7-3-2-6-11(13)12(14(17)18)10-16-8-4-1-5-9-16/h2-3,6-7,12H,1,4-5,8-10H2,(H,17,18). The van der Waals surface area contributed by atoms with Crippen LogP contribution in [0.25, 0.3) is 0 Å². The third-order valence-electron chi connectivity index (χ3n) is 3.47. The lowest BCUT2D eigenvalue weighted by Crippen LogP contribution is -2.36. The SMILES string of the molecule is O=C(O)C(CN1CCCCC1)c1ccccc1F. The van der Waals surface area contributed by atoms with Gasteiger partial charge in [-0.1, -0.05) is 24.6 Å². The molecule has 1 aromatic carbocycles. The molecule has 0 aromatic heterocycles. The maximum absolute atomic E-state index is 13.7. The van der Waals surface area contributed by atoms with Crippen LogP contribution < -0.4 is 0 Å². The summed E-state index contributed by atoms with van der Waals surface area (Å²) in [7, 11) is 0. The molecule has 18 heavy (non-hydrogen) atoms. The van der Waals surface area contributed by atoms with Crippen molar-refractivity contribution >= 4 is 5.97 Å². The highest BCUT2D eigenvalue weighted by Gasteiger charge is 2.26. The van der Waals surface area contributed by atoms with Crippen LogP contribution in [-0.4, -0.2) is 35.6 Å². The van der Waals surface area contributed by atoms with Gasteiger partial charge in [0.1, 0.15) is 5.82 Å². The molecule has 1 aliphatic rings. The predicted molar refractivity (Wildman–Crippen MR) is 67.1 cm³/mol. The molecule has 1 aliphatic heterocycles. The fraction of sp³-hybridized carbons (Fsp3) is 0.500. The molecule has 1 N–H and O–H groups in total. The second-order valence-electron chi connectivity index (χ2n) is 4.77. The van der Waals surface area contributed by atoms with Crippen LogP contribution in [-0.2, 0) is 4.79 Å². The Hall–Kier alpha value is -1.42. The first-order valence-electron chi connectivity index (χ1n) is 6.38. The third kappa shape index (κ3) is 3.07. The minimum Gasteiger partial charge on any atom is -0.481 e. The molecule has 1 saturated heterocycles. The van der Waals surface area contributed by atoms with E-state index in [1.54, 1.807) is 18.2 Å². The highest BCUT2D eigenvalue weighted by molar-refractivity contribution is 5.76. The minimum absolute atomic E-state index is 0.288. The molecule has 1 fully saturated rings. The number of hydrogen-bond acceptors (Lipinski definition) is 2. The van der Waals surface area contributed by atoms with Crippen LogP contribution in [0.1, 0.15) is 30.7 Å². The number of carboxylic acids is 1. The van der Waals surface area contributed by atoms with Gasteiger partial charge in [0.2, 0.25) is 0 Å². The predicted octanol–water partition coefficient (Wildman–Crippen LogP) is 2.48. The van der Waals surface area contributed by atoms with Gasteiger partial charge in [-0.25, -0.2) is 4.39 Å². The third-order valence-corrected chi connectivity index (χ3v) is 3.47. The van der Waals surface area contributed by atoms with Crippen LogP contribution in [0.3, 0.4) is 0 Å². The van der Waals surface area contributed by atoms with Gasteiger partial charge < -0.3 is 10.0 Å². The Morgan fingerprint density at radius 3 is 2.56 bits per heavy atom. The summed E-state index contributed by atoms with van der Waals surface area (Å²) in [5, 5.41) is 9.29. The zero-order valence-electron chi connectivity index (χ0n) is 10.3. The Labute approximate surface area is 106 Å². The van der Waals surface area contributed by atoms with E-state index in [9.17, 15) is 14.3 Å². The van der Waals surface area contributed by atoms with Crippen molar-refractivity contribution in [1.82, 2.24) is 4.90 Å². The van der Waals surface area contributed by atoms with Crippen molar-refractivity contribution in [2.75, 3.05) is 19.6 Å². The van der Waals surface area contributed by atoms with E-state index < -0.39 is 17.7 Å². The number of benzene rings is 1. The van der Waals surface area contributed by atoms with E-state index in [1.165, 1.54) is 12.5 Å². The molecule has 98 valence electrons. The number of carboxylic acid groups (broad SMARTS) is 1. The molecule has 1 aromatic rings. The molecule has 4 heteroatoms. The van der Waals surface area contributed by atoms with Crippen molar-refractivity contribution in [3.8, 4) is 0 Å². The molecule has 0 amide bonds. The van der Waals surface area contributed by atoms with Crippen molar-refractivity contribution in [3.63, 3.8) is 0 Å². The van der Waals surface area contributed by atoms with Crippen LogP contribution in [0, 0.1) is 5.82 Å². The lowest BCUT2D eigenvalue weighted by molar-refractivity contribution is -0.139. The maximum Gasteiger partial charge on any atom is 0.312 e. The van der Waals surface area contributed by atoms with Crippen molar-refractivity contribution in [2.45, 2.75) is 25.2 Å². The van der Waals surface area contributed by atoms with Crippen LogP contribution in [0.15, 0.2) is 24.3 Å². The van der Waals surface area contributed by atoms with Crippen molar-refractivity contribution < 1.29 is 14.3 Å². The average Bonchev–Trinajstić information content (AvgIpc) is 2.38. The molecule has 2 rings (SSSR count). The van der Waals surface area contributed by atoms with Crippen LogP contribution in [0.2, 0.25) is 0 Å². The number of nitrogens with zero attached hydrogens (tertiary/aromatic N) is 1. The van der Waals surface area contributed by atoms with Gasteiger partial charge in [0.15, 0.2) is 0 Å². The summed E-state index contributed by atoms with van der Waals surface area (Å²) >= 11 is 0. The summed E-state index contributed by atoms with van der Waals surface area (Å²) in [6.07, 6.45) is 3.40. The maximum atomic E-state index is 13.7. The molecule has 1 unspecified atom stereocenters. The summed E-state index contributed by atoms with van der Waals surface area (Å²) < 4.78 is 13.7. The number of hydrogen-bond donors (Lipinski definition) is 1. The second-order valence-corrected chi connectivity index (χ2v) is 4.77. The van der Waals surface area contributed by atoms with Crippen molar-refractivity contribution in [1.29, 1.82) is 0 Å². The highest BCUT2D eigenvalue weighted by Crippen LogP contribution is 2.22. The Morgan fingerprint density at radius 2 is 1.94 bits per heavy atom. The van der Waals surface area contributed by atoms with Gasteiger partial charge in [-0.05, 0) is 32.0 Å². The summed E-state index contributed by atoms with van der Waals surface area (Å²) in [5.41, 5.74) is 0.288. The van der Waals surface area contributed by atoms with Gasteiger partial charge >= 0.3 is 5.97 Å². The van der Waals surface area contributed by atoms with Gasteiger partial charge in [0.25, 0.3) is 0 Å². The average molecular weight is 251 g/mol. The molecule has 1 heterocycles. The first kappa shape index (κ1) is 13.0. The van der Waals surface area contributed by atoms with E-state index >= 15 is 0 Å². The zero-order valence-corrected chi connectivity index (χ0v) is 10.3. The fourth-order valence-electron chi connectivity index (χ4n) is 2.47. The van der Waals surface area contributed by atoms with Gasteiger partial charge in [-0.3, -0.25) is 4.79 Å². The first-order valence-corrected chi connectivity index (χ1v) is 6.38. The van der Waals surface area contributed by atoms with Crippen LogP contribution in [0.5, 0.6) is 0 Å². The molecule has 1 atom stereocenters. The van der Waals surface area contributed by atoms with E-state index in [1.807, 2.05) is 0 Å². The number of aliphatic carboxylic acids is 1. The number of likely N-dealkylation sites (tertiary alicyclic amines) is 1. The molecule has 0 radical (unpaired) electrons. The van der Waals surface area contributed by atoms with Gasteiger partial charge in [0, 0.05) is 12.1 Å². The molecule has 0 saturated carbocycles. The molecular formula is C14H18FNO2. The Bertz CT molecular complexity index is 416. The van der Waals surface area contributed by atoms with Crippen LogP contribution >= 0.6 is 0 Å². The fourth-order valence-corrected chi connectivity index (χ4v) is 2.47. The summed E-state index contributed by atoms with van der Waals surface area (Å²) in [6.45, 7) is 2.23. The monoisotopic (exact) mass is 251 g/mol. The lowest BCUT2D eigenvalue weighted by atomic mass is 9.97. The number of piperidine rings is 1. The summed E-state index contributed by atoms with van der Waals surface area (Å²) in [6, 6.07) is 6.16. The topological polar surface area (TPSA) is 40.5 Å². The number of halogens is 1. The van der Waals surface area contributed by atoms with E-state index in [-0.39, 0.29) is 5.56 Å². The number of carbonyl (C=O) groups is 1. The van der Waals surface area contributed by atoms with Crippen molar-refractivity contribution in [3.05, 3.63) is 35.6 Å². The number of rotatable bonds is 4.